The first-order valence-electron chi connectivity index (χ1n) is 13.2. The van der Waals surface area contributed by atoms with Crippen molar-refractivity contribution in [2.75, 3.05) is 31.6 Å². The number of aryl methyl sites for hydroxylation is 1. The van der Waals surface area contributed by atoms with E-state index < -0.39 is 0 Å². The number of imidazole rings is 1. The second-order valence-electron chi connectivity index (χ2n) is 9.97. The summed E-state index contributed by atoms with van der Waals surface area (Å²) in [5.41, 5.74) is 2.88. The molecule has 0 bridgehead atoms. The summed E-state index contributed by atoms with van der Waals surface area (Å²) in [6.07, 6.45) is 5.68. The van der Waals surface area contributed by atoms with Crippen molar-refractivity contribution in [3.8, 4) is 5.75 Å². The van der Waals surface area contributed by atoms with Crippen molar-refractivity contribution in [3.05, 3.63) is 65.2 Å². The van der Waals surface area contributed by atoms with Crippen molar-refractivity contribution in [2.24, 2.45) is 0 Å². The number of hydrogen-bond acceptors (Lipinski definition) is 5. The van der Waals surface area contributed by atoms with Gasteiger partial charge in [0.2, 0.25) is 11.9 Å². The molecule has 2 aliphatic heterocycles. The fraction of sp³-hybridized carbons (Fsp3) is 0.414. The topological polar surface area (TPSA) is 85.7 Å². The number of benzene rings is 2. The number of carbonyl (C=O) groups is 2. The lowest BCUT2D eigenvalue weighted by molar-refractivity contribution is -0.126. The molecule has 2 saturated heterocycles. The van der Waals surface area contributed by atoms with Crippen LogP contribution in [0.25, 0.3) is 11.0 Å². The number of halogens is 1. The van der Waals surface area contributed by atoms with Gasteiger partial charge in [0.15, 0.2) is 0 Å². The van der Waals surface area contributed by atoms with Crippen LogP contribution in [0.4, 0.5) is 5.95 Å². The molecule has 8 nitrogen and oxygen atoms in total. The number of anilines is 1. The molecule has 5 rings (SSSR count). The van der Waals surface area contributed by atoms with Crippen molar-refractivity contribution >= 4 is 40.4 Å². The fourth-order valence-electron chi connectivity index (χ4n) is 5.28. The zero-order valence-electron chi connectivity index (χ0n) is 21.6. The molecule has 9 heteroatoms. The Labute approximate surface area is 227 Å². The lowest BCUT2D eigenvalue weighted by Crippen LogP contribution is -2.34. The number of amides is 2. The smallest absolute Gasteiger partial charge is 0.257 e. The monoisotopic (exact) mass is 536 g/mol. The third-order valence-electron chi connectivity index (χ3n) is 7.19. The number of nitrogens with zero attached hydrogens (tertiary/aromatic N) is 3. The number of aromatic nitrogens is 2. The van der Waals surface area contributed by atoms with E-state index in [-0.39, 0.29) is 24.0 Å². The minimum Gasteiger partial charge on any atom is -0.490 e. The molecular weight excluding hydrogens is 504 g/mol. The van der Waals surface area contributed by atoms with Crippen LogP contribution in [-0.2, 0) is 9.53 Å². The maximum absolute atomic E-state index is 13.3. The Hall–Kier alpha value is -3.36. The van der Waals surface area contributed by atoms with Gasteiger partial charge in [0.05, 0.1) is 35.3 Å². The third-order valence-corrected chi connectivity index (χ3v) is 7.47. The van der Waals surface area contributed by atoms with Gasteiger partial charge in [-0.1, -0.05) is 35.9 Å². The summed E-state index contributed by atoms with van der Waals surface area (Å²) in [6, 6.07) is 11.0. The number of ether oxygens (including phenoxy) is 2. The molecule has 1 unspecified atom stereocenters. The molecule has 0 radical (unpaired) electrons. The van der Waals surface area contributed by atoms with E-state index in [1.165, 1.54) is 6.08 Å². The van der Waals surface area contributed by atoms with Gasteiger partial charge in [0.25, 0.3) is 5.91 Å². The van der Waals surface area contributed by atoms with E-state index in [1.54, 1.807) is 11.0 Å². The highest BCUT2D eigenvalue weighted by Crippen LogP contribution is 2.37. The van der Waals surface area contributed by atoms with E-state index in [0.717, 1.165) is 37.7 Å². The molecule has 1 atom stereocenters. The standard InChI is InChI=1S/C29H33ClN4O4/c1-3-26(35)33-12-5-4-9-21(18-33)34-27-24(30)16-23(38-22-10-13-37-14-11-22)17-25(27)31-29(34)32-28(36)20-8-6-7-19(2)15-20/h3,6-8,15-17,21-22H,1,4-5,9-14,18H2,2H3,(H,31,32,36). The van der Waals surface area contributed by atoms with Crippen LogP contribution in [0.5, 0.6) is 5.75 Å². The number of carbonyl (C=O) groups excluding carboxylic acids is 2. The predicted octanol–water partition coefficient (Wildman–Crippen LogP) is 5.55. The first-order valence-corrected chi connectivity index (χ1v) is 13.6. The highest BCUT2D eigenvalue weighted by Gasteiger charge is 2.28. The first kappa shape index (κ1) is 26.3. The van der Waals surface area contributed by atoms with Gasteiger partial charge >= 0.3 is 0 Å². The van der Waals surface area contributed by atoms with Gasteiger partial charge in [-0.05, 0) is 44.4 Å². The number of fused-ring (bicyclic) bond motifs is 1. The van der Waals surface area contributed by atoms with Crippen molar-refractivity contribution in [1.29, 1.82) is 0 Å². The van der Waals surface area contributed by atoms with Crippen LogP contribution in [0, 0.1) is 6.92 Å². The molecule has 3 aromatic rings. The Balaban J connectivity index is 1.55. The number of nitrogens with one attached hydrogen (secondary N) is 1. The SMILES string of the molecule is C=CC(=O)N1CCCCC(n2c(NC(=O)c3cccc(C)c3)nc3cc(OC4CCOCC4)cc(Cl)c32)C1. The molecule has 38 heavy (non-hydrogen) atoms. The summed E-state index contributed by atoms with van der Waals surface area (Å²) < 4.78 is 13.7. The third kappa shape index (κ3) is 5.71. The number of rotatable bonds is 6. The molecule has 0 aliphatic carbocycles. The Morgan fingerprint density at radius 1 is 1.18 bits per heavy atom. The largest absolute Gasteiger partial charge is 0.490 e. The summed E-state index contributed by atoms with van der Waals surface area (Å²) in [5.74, 6) is 0.673. The van der Waals surface area contributed by atoms with Gasteiger partial charge in [-0.15, -0.1) is 0 Å². The summed E-state index contributed by atoms with van der Waals surface area (Å²) in [6.45, 7) is 8.09. The van der Waals surface area contributed by atoms with Crippen molar-refractivity contribution in [1.82, 2.24) is 14.5 Å². The van der Waals surface area contributed by atoms with Crippen LogP contribution in [0.2, 0.25) is 5.02 Å². The summed E-state index contributed by atoms with van der Waals surface area (Å²) in [5, 5.41) is 3.51. The van der Waals surface area contributed by atoms with E-state index in [1.807, 2.05) is 41.8 Å². The van der Waals surface area contributed by atoms with E-state index in [2.05, 4.69) is 11.9 Å². The normalized spacial score (nSPS) is 18.7. The molecule has 1 N–H and O–H groups in total. The summed E-state index contributed by atoms with van der Waals surface area (Å²) in [4.78, 5) is 32.4. The molecular formula is C29H33ClN4O4. The van der Waals surface area contributed by atoms with Crippen LogP contribution in [0.15, 0.2) is 49.1 Å². The van der Waals surface area contributed by atoms with Crippen molar-refractivity contribution < 1.29 is 19.1 Å². The molecule has 3 heterocycles. The fourth-order valence-corrected chi connectivity index (χ4v) is 5.57. The lowest BCUT2D eigenvalue weighted by atomic mass is 10.1. The van der Waals surface area contributed by atoms with Gasteiger partial charge in [-0.3, -0.25) is 14.9 Å². The zero-order valence-corrected chi connectivity index (χ0v) is 22.4. The molecule has 2 aliphatic rings. The number of likely N-dealkylation sites (tertiary alicyclic amines) is 1. The average Bonchev–Trinajstić information content (AvgIpc) is 3.09. The Morgan fingerprint density at radius 2 is 2.00 bits per heavy atom. The molecule has 1 aromatic heterocycles. The predicted molar refractivity (Wildman–Crippen MR) is 148 cm³/mol. The molecule has 2 fully saturated rings. The van der Waals surface area contributed by atoms with Crippen LogP contribution < -0.4 is 10.1 Å². The van der Waals surface area contributed by atoms with Gasteiger partial charge in [0, 0.05) is 43.6 Å². The second kappa shape index (κ2) is 11.6. The van der Waals surface area contributed by atoms with Crippen molar-refractivity contribution in [3.63, 3.8) is 0 Å². The quantitative estimate of drug-likeness (QED) is 0.418. The van der Waals surface area contributed by atoms with Gasteiger partial charge < -0.3 is 18.9 Å². The second-order valence-corrected chi connectivity index (χ2v) is 10.4. The van der Waals surface area contributed by atoms with E-state index in [9.17, 15) is 9.59 Å². The van der Waals surface area contributed by atoms with Crippen LogP contribution in [0.3, 0.4) is 0 Å². The van der Waals surface area contributed by atoms with Gasteiger partial charge in [-0.25, -0.2) is 4.98 Å². The van der Waals surface area contributed by atoms with E-state index in [4.69, 9.17) is 26.1 Å². The zero-order chi connectivity index (χ0) is 26.6. The average molecular weight is 537 g/mol. The van der Waals surface area contributed by atoms with Gasteiger partial charge in [0.1, 0.15) is 11.9 Å². The highest BCUT2D eigenvalue weighted by atomic mass is 35.5. The highest BCUT2D eigenvalue weighted by molar-refractivity contribution is 6.35. The van der Waals surface area contributed by atoms with Gasteiger partial charge in [-0.2, -0.15) is 0 Å². The first-order chi connectivity index (χ1) is 18.4. The van der Waals surface area contributed by atoms with Crippen LogP contribution in [-0.4, -0.2) is 58.7 Å². The maximum atomic E-state index is 13.3. The molecule has 0 saturated carbocycles. The molecule has 0 spiro atoms. The minimum absolute atomic E-state index is 0.0557. The van der Waals surface area contributed by atoms with E-state index >= 15 is 0 Å². The van der Waals surface area contributed by atoms with E-state index in [0.29, 0.717) is 59.6 Å². The molecule has 2 amide bonds. The molecule has 2 aromatic carbocycles. The summed E-state index contributed by atoms with van der Waals surface area (Å²) in [7, 11) is 0. The summed E-state index contributed by atoms with van der Waals surface area (Å²) >= 11 is 6.88. The Kier molecular flexibility index (Phi) is 8.00. The minimum atomic E-state index is -0.257. The Morgan fingerprint density at radius 3 is 2.76 bits per heavy atom. The number of hydrogen-bond donors (Lipinski definition) is 1. The Bertz CT molecular complexity index is 1350. The van der Waals surface area contributed by atoms with Crippen LogP contribution >= 0.6 is 11.6 Å². The maximum Gasteiger partial charge on any atom is 0.257 e. The van der Waals surface area contributed by atoms with Crippen molar-refractivity contribution in [2.45, 2.75) is 51.2 Å². The van der Waals surface area contributed by atoms with Crippen LogP contribution in [0.1, 0.15) is 54.1 Å². The lowest BCUT2D eigenvalue weighted by Gasteiger charge is -2.26. The molecule has 200 valence electrons.